The van der Waals surface area contributed by atoms with Crippen LogP contribution < -0.4 is 9.47 Å². The fraction of sp³-hybridized carbons (Fsp3) is 0.308. The van der Waals surface area contributed by atoms with Crippen molar-refractivity contribution in [3.63, 3.8) is 0 Å². The Morgan fingerprint density at radius 3 is 1.65 bits per heavy atom. The van der Waals surface area contributed by atoms with E-state index in [-0.39, 0.29) is 18.8 Å². The summed E-state index contributed by atoms with van der Waals surface area (Å²) in [5, 5.41) is 9.87. The van der Waals surface area contributed by atoms with E-state index in [1.54, 1.807) is 40.6 Å². The molecule has 0 fully saturated rings. The number of nitrogens with zero attached hydrogens (tertiary/aromatic N) is 2. The van der Waals surface area contributed by atoms with Crippen molar-refractivity contribution < 1.29 is 47.8 Å². The molecule has 65 heavy (non-hydrogen) atoms. The van der Waals surface area contributed by atoms with Crippen LogP contribution in [0, 0.1) is 30.4 Å². The summed E-state index contributed by atoms with van der Waals surface area (Å²) in [7, 11) is 6.53. The summed E-state index contributed by atoms with van der Waals surface area (Å²) in [6.07, 6.45) is 10.1. The van der Waals surface area contributed by atoms with Crippen LogP contribution in [-0.2, 0) is 28.4 Å². The lowest BCUT2D eigenvalue weighted by Gasteiger charge is -2.19. The number of hydrogen-bond acceptors (Lipinski definition) is 10. The number of carbonyl (C=O) groups is 1. The molecule has 338 valence electrons. The van der Waals surface area contributed by atoms with E-state index in [4.69, 9.17) is 42.9 Å². The molecule has 0 atom stereocenters. The van der Waals surface area contributed by atoms with E-state index >= 15 is 0 Å². The summed E-state index contributed by atoms with van der Waals surface area (Å²) in [5.41, 5.74) is 8.61. The molecule has 1 N–H and O–H groups in total. The van der Waals surface area contributed by atoms with Crippen LogP contribution in [0.4, 0.5) is 0 Å². The topological polar surface area (TPSA) is 128 Å². The molecular formula is C52H57BN2O10. The number of ether oxygens (including phenoxy) is 8. The van der Waals surface area contributed by atoms with Gasteiger partial charge in [-0.25, -0.2) is 9.79 Å². The lowest BCUT2D eigenvalue weighted by atomic mass is 9.63. The third-order valence-corrected chi connectivity index (χ3v) is 9.84. The predicted molar refractivity (Wildman–Crippen MR) is 257 cm³/mol. The van der Waals surface area contributed by atoms with E-state index < -0.39 is 12.8 Å². The molecule has 0 saturated carbocycles. The molecular weight excluding hydrogens is 823 g/mol. The summed E-state index contributed by atoms with van der Waals surface area (Å²) in [6, 6.07) is 24.6. The molecule has 0 amide bonds. The lowest BCUT2D eigenvalue weighted by Crippen LogP contribution is -2.26. The molecule has 0 saturated heterocycles. The molecule has 5 rings (SSSR count). The molecule has 12 nitrogen and oxygen atoms in total. The number of rotatable bonds is 24. The number of carboxylic acid groups (broad SMARTS) is 1. The maximum atomic E-state index is 12.1. The van der Waals surface area contributed by atoms with Gasteiger partial charge in [0.25, 0.3) is 0 Å². The van der Waals surface area contributed by atoms with Crippen molar-refractivity contribution >= 4 is 42.3 Å². The van der Waals surface area contributed by atoms with Gasteiger partial charge in [0.1, 0.15) is 37.9 Å². The van der Waals surface area contributed by atoms with Crippen molar-refractivity contribution in [3.8, 4) is 35.0 Å². The van der Waals surface area contributed by atoms with Crippen LogP contribution in [0.15, 0.2) is 107 Å². The Bertz CT molecular complexity index is 2410. The van der Waals surface area contributed by atoms with Crippen LogP contribution in [0.1, 0.15) is 50.9 Å². The average molecular weight is 881 g/mol. The minimum Gasteiger partial charge on any atom is -0.491 e. The Hall–Kier alpha value is -6.42. The first-order chi connectivity index (χ1) is 31.8. The lowest BCUT2D eigenvalue weighted by molar-refractivity contribution is 0.0697. The molecule has 4 aromatic rings. The Morgan fingerprint density at radius 2 is 1.14 bits per heavy atom. The van der Waals surface area contributed by atoms with Gasteiger partial charge in [-0.15, -0.1) is 11.6 Å². The number of aliphatic imine (C=N–C) groups is 1. The average Bonchev–Trinajstić information content (AvgIpc) is 3.85. The van der Waals surface area contributed by atoms with Crippen molar-refractivity contribution in [1.82, 2.24) is 4.48 Å². The van der Waals surface area contributed by atoms with Gasteiger partial charge in [-0.05, 0) is 102 Å². The Morgan fingerprint density at radius 1 is 0.646 bits per heavy atom. The van der Waals surface area contributed by atoms with Crippen LogP contribution in [0.25, 0.3) is 23.8 Å². The van der Waals surface area contributed by atoms with Gasteiger partial charge in [0.2, 0.25) is 0 Å². The molecule has 1 aliphatic heterocycles. The highest BCUT2D eigenvalue weighted by atomic mass is 16.5. The summed E-state index contributed by atoms with van der Waals surface area (Å²) in [4.78, 5) is 17.3. The highest BCUT2D eigenvalue weighted by Crippen LogP contribution is 2.38. The fourth-order valence-electron chi connectivity index (χ4n) is 6.62. The maximum absolute atomic E-state index is 12.1. The highest BCUT2D eigenvalue weighted by Gasteiger charge is 2.28. The zero-order chi connectivity index (χ0) is 46.2. The Balaban J connectivity index is 1.68. The first-order valence-corrected chi connectivity index (χ1v) is 21.2. The Kier molecular flexibility index (Phi) is 20.6. The minimum atomic E-state index is -1.02. The molecule has 1 aliphatic rings. The second-order valence-corrected chi connectivity index (χ2v) is 14.6. The second-order valence-electron chi connectivity index (χ2n) is 14.6. The molecule has 3 aromatic carbocycles. The number of carboxylic acids is 1. The van der Waals surface area contributed by atoms with Crippen molar-refractivity contribution in [2.75, 3.05) is 94.5 Å². The van der Waals surface area contributed by atoms with Crippen LogP contribution in [0.2, 0.25) is 0 Å². The van der Waals surface area contributed by atoms with Gasteiger partial charge in [-0.3, -0.25) is 0 Å². The van der Waals surface area contributed by atoms with Crippen LogP contribution in [0.5, 0.6) is 11.5 Å². The van der Waals surface area contributed by atoms with Crippen molar-refractivity contribution in [1.29, 1.82) is 0 Å². The highest BCUT2D eigenvalue weighted by molar-refractivity contribution is 6.74. The van der Waals surface area contributed by atoms with Gasteiger partial charge >= 0.3 is 12.8 Å². The number of benzene rings is 3. The van der Waals surface area contributed by atoms with E-state index in [1.165, 1.54) is 0 Å². The van der Waals surface area contributed by atoms with Gasteiger partial charge in [0, 0.05) is 45.4 Å². The summed E-state index contributed by atoms with van der Waals surface area (Å²) >= 11 is 0. The Labute approximate surface area is 383 Å². The molecule has 0 unspecified atom stereocenters. The number of aromatic nitrogens is 1. The van der Waals surface area contributed by atoms with Gasteiger partial charge in [-0.1, -0.05) is 60.4 Å². The SMILES string of the molecule is COCCOCC#CB(C#CCOCCOC)n1c(/C=C/c2ccc(OCCOC)cc2)cc(C)c1/C(=C1N=C(/C=C\c2ccc(OCCOC)cc2)C=C\1C)c1ccc(C(=O)O)cc1. The van der Waals surface area contributed by atoms with Crippen LogP contribution in [0.3, 0.4) is 0 Å². The van der Waals surface area contributed by atoms with E-state index in [2.05, 4.69) is 34.0 Å². The maximum Gasteiger partial charge on any atom is 0.433 e. The third kappa shape index (κ3) is 15.4. The zero-order valence-corrected chi connectivity index (χ0v) is 38.1. The number of aromatic carboxylic acids is 1. The molecule has 0 aliphatic carbocycles. The summed E-state index contributed by atoms with van der Waals surface area (Å²) in [6.45, 7) is 7.31. The van der Waals surface area contributed by atoms with Crippen molar-refractivity contribution in [3.05, 3.63) is 141 Å². The van der Waals surface area contributed by atoms with Gasteiger partial charge < -0.3 is 47.5 Å². The van der Waals surface area contributed by atoms with Gasteiger partial charge in [0.15, 0.2) is 0 Å². The number of aryl methyl sites for hydroxylation is 1. The van der Waals surface area contributed by atoms with E-state index in [1.807, 2.05) is 105 Å². The van der Waals surface area contributed by atoms with Crippen molar-refractivity contribution in [2.45, 2.75) is 13.8 Å². The van der Waals surface area contributed by atoms with Crippen molar-refractivity contribution in [2.24, 2.45) is 4.99 Å². The summed E-state index contributed by atoms with van der Waals surface area (Å²) < 4.78 is 45.7. The number of allylic oxidation sites excluding steroid dienone is 3. The number of hydrogen-bond donors (Lipinski definition) is 1. The molecule has 0 radical (unpaired) electrons. The second kappa shape index (κ2) is 27.0. The van der Waals surface area contributed by atoms with Gasteiger partial charge in [-0.2, -0.15) is 0 Å². The van der Waals surface area contributed by atoms with Crippen LogP contribution >= 0.6 is 0 Å². The quantitative estimate of drug-likeness (QED) is 0.0423. The largest absolute Gasteiger partial charge is 0.491 e. The van der Waals surface area contributed by atoms with E-state index in [0.29, 0.717) is 52.9 Å². The molecule has 2 heterocycles. The van der Waals surface area contributed by atoms with Crippen LogP contribution in [-0.4, -0.2) is 123 Å². The van der Waals surface area contributed by atoms with E-state index in [0.717, 1.165) is 67.7 Å². The molecule has 0 bridgehead atoms. The predicted octanol–water partition coefficient (Wildman–Crippen LogP) is 7.84. The molecule has 1 aromatic heterocycles. The van der Waals surface area contributed by atoms with Gasteiger partial charge in [0.05, 0.1) is 56.6 Å². The molecule has 13 heteroatoms. The summed E-state index contributed by atoms with van der Waals surface area (Å²) in [5.74, 6) is 13.7. The standard InChI is InChI=1S/C52H57BN2O10/c1-39-37-45(19-9-41-11-21-47(22-12-41)64-35-31-60-5)54-50(39)49(43-15-17-44(18-16-43)52(56)57)51-40(2)38-46(20-10-42-13-23-48(24-14-42)65-36-32-61-6)55(51)53(25-7-27-62-33-29-58-3)26-8-28-63-34-30-59-4/h9-24,37-38H,27-36H2,1-6H3,(H,56,57)/b19-9-,20-10+,50-49-. The first kappa shape index (κ1) is 49.6. The monoisotopic (exact) mass is 880 g/mol. The smallest absolute Gasteiger partial charge is 0.433 e. The third-order valence-electron chi connectivity index (χ3n) is 9.84. The zero-order valence-electron chi connectivity index (χ0n) is 38.1. The van der Waals surface area contributed by atoms with E-state index in [9.17, 15) is 9.90 Å². The minimum absolute atomic E-state index is 0.168. The number of methoxy groups -OCH3 is 4. The molecule has 0 spiro atoms. The normalized spacial score (nSPS) is 13.0. The first-order valence-electron chi connectivity index (χ1n) is 21.2. The fourth-order valence-corrected chi connectivity index (χ4v) is 6.62.